The molecule has 0 radical (unpaired) electrons. The average molecular weight is 323 g/mol. The summed E-state index contributed by atoms with van der Waals surface area (Å²) in [5.41, 5.74) is 2.64. The summed E-state index contributed by atoms with van der Waals surface area (Å²) in [4.78, 5) is 15.0. The molecule has 0 spiro atoms. The van der Waals surface area contributed by atoms with Crippen LogP contribution in [0.3, 0.4) is 0 Å². The van der Waals surface area contributed by atoms with E-state index in [0.29, 0.717) is 11.9 Å². The van der Waals surface area contributed by atoms with Crippen LogP contribution in [0.5, 0.6) is 0 Å². The van der Waals surface area contributed by atoms with Gasteiger partial charge >= 0.3 is 0 Å². The minimum atomic E-state index is 0. The maximum absolute atomic E-state index is 13.0. The van der Waals surface area contributed by atoms with Crippen LogP contribution in [0.15, 0.2) is 24.3 Å². The normalized spacial score (nSPS) is 24.6. The fourth-order valence-electron chi connectivity index (χ4n) is 3.82. The lowest BCUT2D eigenvalue weighted by atomic mass is 9.82. The molecular formula is C18H27ClN2O. The summed E-state index contributed by atoms with van der Waals surface area (Å²) in [6, 6.07) is 8.90. The summed E-state index contributed by atoms with van der Waals surface area (Å²) in [7, 11) is 2.01. The first-order valence-electron chi connectivity index (χ1n) is 8.32. The van der Waals surface area contributed by atoms with Crippen LogP contribution in [0.2, 0.25) is 0 Å². The Hall–Kier alpha value is -1.06. The van der Waals surface area contributed by atoms with Gasteiger partial charge in [0.05, 0.1) is 5.92 Å². The van der Waals surface area contributed by atoms with Gasteiger partial charge < -0.3 is 10.2 Å². The number of hydrogen-bond acceptors (Lipinski definition) is 2. The van der Waals surface area contributed by atoms with Crippen LogP contribution in [0.4, 0.5) is 0 Å². The second kappa shape index (κ2) is 7.98. The van der Waals surface area contributed by atoms with Gasteiger partial charge in [-0.1, -0.05) is 24.3 Å². The van der Waals surface area contributed by atoms with Crippen molar-refractivity contribution in [2.45, 2.75) is 50.5 Å². The fourth-order valence-corrected chi connectivity index (χ4v) is 3.82. The molecule has 3 rings (SSSR count). The van der Waals surface area contributed by atoms with Gasteiger partial charge in [0.25, 0.3) is 0 Å². The van der Waals surface area contributed by atoms with Crippen LogP contribution in [0.1, 0.15) is 49.1 Å². The first-order chi connectivity index (χ1) is 10.3. The highest BCUT2D eigenvalue weighted by atomic mass is 35.5. The topological polar surface area (TPSA) is 32.3 Å². The molecule has 1 heterocycles. The number of likely N-dealkylation sites (N-methyl/N-ethyl adjacent to an activating group) is 1. The molecule has 1 N–H and O–H groups in total. The second-order valence-corrected chi connectivity index (χ2v) is 6.43. The van der Waals surface area contributed by atoms with Crippen LogP contribution in [-0.2, 0) is 11.2 Å². The lowest BCUT2D eigenvalue weighted by Gasteiger charge is -2.33. The number of benzene rings is 1. The Morgan fingerprint density at radius 2 is 1.95 bits per heavy atom. The molecule has 1 aromatic carbocycles. The molecule has 2 aliphatic rings. The first-order valence-corrected chi connectivity index (χ1v) is 8.32. The van der Waals surface area contributed by atoms with E-state index in [1.165, 1.54) is 17.5 Å². The molecule has 1 amide bonds. The zero-order valence-electron chi connectivity index (χ0n) is 13.4. The quantitative estimate of drug-likeness (QED) is 0.907. The highest BCUT2D eigenvalue weighted by Gasteiger charge is 2.31. The van der Waals surface area contributed by atoms with Gasteiger partial charge in [0.1, 0.15) is 0 Å². The number of nitrogens with one attached hydrogen (secondary N) is 1. The Morgan fingerprint density at radius 3 is 2.82 bits per heavy atom. The van der Waals surface area contributed by atoms with Crippen molar-refractivity contribution in [1.29, 1.82) is 0 Å². The minimum absolute atomic E-state index is 0. The molecule has 0 saturated carbocycles. The summed E-state index contributed by atoms with van der Waals surface area (Å²) < 4.78 is 0. The maximum atomic E-state index is 13.0. The number of rotatable bonds is 2. The lowest BCUT2D eigenvalue weighted by Crippen LogP contribution is -2.41. The smallest absolute Gasteiger partial charge is 0.230 e. The van der Waals surface area contributed by atoms with E-state index in [2.05, 4.69) is 29.6 Å². The maximum Gasteiger partial charge on any atom is 0.230 e. The minimum Gasteiger partial charge on any atom is -0.342 e. The average Bonchev–Trinajstić information content (AvgIpc) is 2.82. The third-order valence-corrected chi connectivity index (χ3v) is 5.11. The second-order valence-electron chi connectivity index (χ2n) is 6.43. The van der Waals surface area contributed by atoms with E-state index in [1.807, 2.05) is 11.9 Å². The van der Waals surface area contributed by atoms with Crippen molar-refractivity contribution in [3.8, 4) is 0 Å². The van der Waals surface area contributed by atoms with Crippen LogP contribution in [0.25, 0.3) is 0 Å². The van der Waals surface area contributed by atoms with E-state index in [-0.39, 0.29) is 18.3 Å². The molecule has 3 nitrogen and oxygen atoms in total. The van der Waals surface area contributed by atoms with E-state index in [0.717, 1.165) is 45.2 Å². The van der Waals surface area contributed by atoms with E-state index in [1.54, 1.807) is 0 Å². The molecule has 0 aromatic heterocycles. The number of amides is 1. The Bertz CT molecular complexity index is 498. The summed E-state index contributed by atoms with van der Waals surface area (Å²) >= 11 is 0. The zero-order valence-corrected chi connectivity index (χ0v) is 14.2. The Kier molecular flexibility index (Phi) is 6.27. The zero-order chi connectivity index (χ0) is 14.7. The monoisotopic (exact) mass is 322 g/mol. The van der Waals surface area contributed by atoms with Crippen molar-refractivity contribution in [3.63, 3.8) is 0 Å². The van der Waals surface area contributed by atoms with Crippen molar-refractivity contribution in [3.05, 3.63) is 35.4 Å². The molecule has 22 heavy (non-hydrogen) atoms. The van der Waals surface area contributed by atoms with Crippen molar-refractivity contribution >= 4 is 18.3 Å². The molecule has 122 valence electrons. The van der Waals surface area contributed by atoms with Crippen molar-refractivity contribution in [2.75, 3.05) is 20.1 Å². The van der Waals surface area contributed by atoms with Gasteiger partial charge in [-0.25, -0.2) is 0 Å². The van der Waals surface area contributed by atoms with Gasteiger partial charge in [-0.3, -0.25) is 4.79 Å². The largest absolute Gasteiger partial charge is 0.342 e. The SMILES string of the molecule is CN(C(=O)C1CCCc2ccccc21)C1CCCNCC1.Cl. The van der Waals surface area contributed by atoms with Gasteiger partial charge in [-0.2, -0.15) is 0 Å². The Balaban J connectivity index is 0.00000176. The number of nitrogens with zero attached hydrogens (tertiary/aromatic N) is 1. The summed E-state index contributed by atoms with van der Waals surface area (Å²) in [6.07, 6.45) is 6.64. The van der Waals surface area contributed by atoms with Gasteiger partial charge in [-0.15, -0.1) is 12.4 Å². The Morgan fingerprint density at radius 1 is 1.14 bits per heavy atom. The molecular weight excluding hydrogens is 296 g/mol. The number of fused-ring (bicyclic) bond motifs is 1. The van der Waals surface area contributed by atoms with Crippen molar-refractivity contribution in [1.82, 2.24) is 10.2 Å². The molecule has 2 atom stereocenters. The number of carbonyl (C=O) groups excluding carboxylic acids is 1. The van der Waals surface area contributed by atoms with Gasteiger partial charge in [0.15, 0.2) is 0 Å². The lowest BCUT2D eigenvalue weighted by molar-refractivity contribution is -0.134. The summed E-state index contributed by atoms with van der Waals surface area (Å²) in [5.74, 6) is 0.408. The predicted octanol–water partition coefficient (Wildman–Crippen LogP) is 3.13. The number of halogens is 1. The van der Waals surface area contributed by atoms with Crippen LogP contribution in [0, 0.1) is 0 Å². The molecule has 1 aromatic rings. The molecule has 1 aliphatic heterocycles. The molecule has 0 bridgehead atoms. The van der Waals surface area contributed by atoms with Crippen molar-refractivity contribution in [2.24, 2.45) is 0 Å². The highest BCUT2D eigenvalue weighted by molar-refractivity contribution is 5.85. The fraction of sp³-hybridized carbons (Fsp3) is 0.611. The van der Waals surface area contributed by atoms with Gasteiger partial charge in [0.2, 0.25) is 5.91 Å². The third-order valence-electron chi connectivity index (χ3n) is 5.11. The van der Waals surface area contributed by atoms with E-state index in [9.17, 15) is 4.79 Å². The van der Waals surface area contributed by atoms with Crippen LogP contribution < -0.4 is 5.32 Å². The number of aryl methyl sites for hydroxylation is 1. The number of carbonyl (C=O) groups is 1. The highest BCUT2D eigenvalue weighted by Crippen LogP contribution is 2.33. The molecule has 1 fully saturated rings. The van der Waals surface area contributed by atoms with Crippen LogP contribution in [-0.4, -0.2) is 37.0 Å². The third kappa shape index (κ3) is 3.64. The van der Waals surface area contributed by atoms with Crippen molar-refractivity contribution < 1.29 is 4.79 Å². The molecule has 2 unspecified atom stereocenters. The summed E-state index contributed by atoms with van der Waals surface area (Å²) in [5, 5.41) is 3.43. The number of hydrogen-bond donors (Lipinski definition) is 1. The van der Waals surface area contributed by atoms with Gasteiger partial charge in [-0.05, 0) is 62.7 Å². The Labute approximate surface area is 139 Å². The molecule has 4 heteroatoms. The van der Waals surface area contributed by atoms with E-state index < -0.39 is 0 Å². The predicted molar refractivity (Wildman–Crippen MR) is 92.6 cm³/mol. The van der Waals surface area contributed by atoms with Crippen LogP contribution >= 0.6 is 12.4 Å². The standard InChI is InChI=1S/C18H26N2O.ClH/c1-20(15-8-5-12-19-13-11-15)18(21)17-10-4-7-14-6-2-3-9-16(14)17;/h2-3,6,9,15,17,19H,4-5,7-8,10-13H2,1H3;1H. The molecule has 1 saturated heterocycles. The van der Waals surface area contributed by atoms with E-state index in [4.69, 9.17) is 0 Å². The summed E-state index contributed by atoms with van der Waals surface area (Å²) in [6.45, 7) is 2.12. The van der Waals surface area contributed by atoms with Gasteiger partial charge in [0, 0.05) is 13.1 Å². The molecule has 1 aliphatic carbocycles. The first kappa shape index (κ1) is 17.3. The van der Waals surface area contributed by atoms with E-state index >= 15 is 0 Å².